The molecule has 0 aromatic carbocycles. The first kappa shape index (κ1) is 12.2. The van der Waals surface area contributed by atoms with Crippen LogP contribution in [0, 0.1) is 6.92 Å². The summed E-state index contributed by atoms with van der Waals surface area (Å²) in [6.45, 7) is 6.96. The van der Waals surface area contributed by atoms with Crippen LogP contribution >= 0.6 is 11.3 Å². The third-order valence-corrected chi connectivity index (χ3v) is 4.35. The summed E-state index contributed by atoms with van der Waals surface area (Å²) in [7, 11) is 0. The number of rotatable bonds is 3. The zero-order valence-corrected chi connectivity index (χ0v) is 11.2. The molecule has 17 heavy (non-hydrogen) atoms. The number of nitrogens with two attached hydrogens (primary N) is 1. The lowest BCUT2D eigenvalue weighted by atomic mass is 9.91. The standard InChI is InChI=1S/C13H17N3S/c1-9-11(13(2,3)8-14)17-12(16-9)10-6-4-5-7-15-10/h4-7H,8,14H2,1-3H3. The number of pyridine rings is 1. The molecule has 3 nitrogen and oxygen atoms in total. The van der Waals surface area contributed by atoms with E-state index in [0.29, 0.717) is 6.54 Å². The Morgan fingerprint density at radius 2 is 2.12 bits per heavy atom. The van der Waals surface area contributed by atoms with E-state index in [1.165, 1.54) is 4.88 Å². The van der Waals surface area contributed by atoms with E-state index in [4.69, 9.17) is 5.73 Å². The van der Waals surface area contributed by atoms with Crippen LogP contribution in [0.2, 0.25) is 0 Å². The van der Waals surface area contributed by atoms with Crippen molar-refractivity contribution in [3.63, 3.8) is 0 Å². The van der Waals surface area contributed by atoms with Crippen LogP contribution < -0.4 is 5.73 Å². The third kappa shape index (κ3) is 2.37. The van der Waals surface area contributed by atoms with Crippen LogP contribution in [0.1, 0.15) is 24.4 Å². The van der Waals surface area contributed by atoms with Crippen LogP contribution in [0.25, 0.3) is 10.7 Å². The van der Waals surface area contributed by atoms with Gasteiger partial charge in [-0.2, -0.15) is 0 Å². The number of hydrogen-bond acceptors (Lipinski definition) is 4. The molecule has 0 spiro atoms. The Labute approximate surface area is 106 Å². The van der Waals surface area contributed by atoms with Gasteiger partial charge in [0.2, 0.25) is 0 Å². The summed E-state index contributed by atoms with van der Waals surface area (Å²) in [6.07, 6.45) is 1.79. The molecule has 0 saturated heterocycles. The van der Waals surface area contributed by atoms with E-state index in [0.717, 1.165) is 16.4 Å². The van der Waals surface area contributed by atoms with Crippen LogP contribution in [-0.4, -0.2) is 16.5 Å². The summed E-state index contributed by atoms with van der Waals surface area (Å²) in [5, 5.41) is 0.972. The van der Waals surface area contributed by atoms with E-state index in [9.17, 15) is 0 Å². The van der Waals surface area contributed by atoms with Gasteiger partial charge in [0, 0.05) is 23.0 Å². The van der Waals surface area contributed by atoms with Gasteiger partial charge in [0.25, 0.3) is 0 Å². The van der Waals surface area contributed by atoms with Gasteiger partial charge in [-0.25, -0.2) is 4.98 Å². The summed E-state index contributed by atoms with van der Waals surface area (Å²) >= 11 is 1.69. The Bertz CT molecular complexity index is 503. The van der Waals surface area contributed by atoms with Gasteiger partial charge in [0.15, 0.2) is 0 Å². The molecule has 2 N–H and O–H groups in total. The number of thiazole rings is 1. The van der Waals surface area contributed by atoms with Crippen molar-refractivity contribution in [2.24, 2.45) is 5.73 Å². The lowest BCUT2D eigenvalue weighted by Crippen LogP contribution is -2.27. The molecule has 0 aliphatic heterocycles. The molecule has 0 amide bonds. The predicted octanol–water partition coefficient (Wildman–Crippen LogP) is 2.75. The lowest BCUT2D eigenvalue weighted by molar-refractivity contribution is 0.546. The van der Waals surface area contributed by atoms with E-state index < -0.39 is 0 Å². The largest absolute Gasteiger partial charge is 0.330 e. The maximum absolute atomic E-state index is 5.82. The summed E-state index contributed by atoms with van der Waals surface area (Å²) in [5.74, 6) is 0. The fourth-order valence-corrected chi connectivity index (χ4v) is 2.87. The monoisotopic (exact) mass is 247 g/mol. The maximum atomic E-state index is 5.82. The van der Waals surface area contributed by atoms with Gasteiger partial charge in [0.1, 0.15) is 5.01 Å². The maximum Gasteiger partial charge on any atom is 0.142 e. The van der Waals surface area contributed by atoms with Gasteiger partial charge in [0.05, 0.1) is 11.4 Å². The normalized spacial score (nSPS) is 11.8. The molecule has 0 atom stereocenters. The van der Waals surface area contributed by atoms with E-state index in [2.05, 4.69) is 23.8 Å². The Morgan fingerprint density at radius 1 is 1.35 bits per heavy atom. The van der Waals surface area contributed by atoms with Gasteiger partial charge in [-0.1, -0.05) is 19.9 Å². The Morgan fingerprint density at radius 3 is 2.71 bits per heavy atom. The first-order valence-electron chi connectivity index (χ1n) is 5.64. The number of hydrogen-bond donors (Lipinski definition) is 1. The van der Waals surface area contributed by atoms with Crippen LogP contribution in [0.15, 0.2) is 24.4 Å². The van der Waals surface area contributed by atoms with Crippen LogP contribution in [0.3, 0.4) is 0 Å². The molecule has 0 fully saturated rings. The highest BCUT2D eigenvalue weighted by Gasteiger charge is 2.25. The molecule has 0 bridgehead atoms. The van der Waals surface area contributed by atoms with Crippen molar-refractivity contribution in [2.45, 2.75) is 26.2 Å². The third-order valence-electron chi connectivity index (χ3n) is 2.81. The second kappa shape index (κ2) is 4.55. The van der Waals surface area contributed by atoms with E-state index in [-0.39, 0.29) is 5.41 Å². The van der Waals surface area contributed by atoms with Crippen LogP contribution in [-0.2, 0) is 5.41 Å². The second-order valence-electron chi connectivity index (χ2n) is 4.74. The summed E-state index contributed by atoms with van der Waals surface area (Å²) in [5.41, 5.74) is 7.79. The Kier molecular flexibility index (Phi) is 3.26. The number of aryl methyl sites for hydroxylation is 1. The smallest absolute Gasteiger partial charge is 0.142 e. The zero-order valence-electron chi connectivity index (χ0n) is 10.4. The molecule has 2 aromatic heterocycles. The minimum atomic E-state index is -0.0191. The van der Waals surface area contributed by atoms with Crippen molar-refractivity contribution >= 4 is 11.3 Å². The van der Waals surface area contributed by atoms with Crippen molar-refractivity contribution in [3.8, 4) is 10.7 Å². The topological polar surface area (TPSA) is 51.8 Å². The molecule has 0 saturated carbocycles. The van der Waals surface area contributed by atoms with Gasteiger partial charge in [-0.05, 0) is 19.1 Å². The first-order valence-corrected chi connectivity index (χ1v) is 6.45. The van der Waals surface area contributed by atoms with Gasteiger partial charge in [-0.15, -0.1) is 11.3 Å². The molecular formula is C13H17N3S. The first-order chi connectivity index (χ1) is 8.04. The molecule has 0 aliphatic carbocycles. The van der Waals surface area contributed by atoms with Crippen molar-refractivity contribution in [1.29, 1.82) is 0 Å². The zero-order chi connectivity index (χ0) is 12.5. The quantitative estimate of drug-likeness (QED) is 0.907. The van der Waals surface area contributed by atoms with Gasteiger partial charge >= 0.3 is 0 Å². The Hall–Kier alpha value is -1.26. The van der Waals surface area contributed by atoms with Gasteiger partial charge in [-0.3, -0.25) is 4.98 Å². The summed E-state index contributed by atoms with van der Waals surface area (Å²) in [4.78, 5) is 10.2. The highest BCUT2D eigenvalue weighted by molar-refractivity contribution is 7.15. The minimum absolute atomic E-state index is 0.0191. The van der Waals surface area contributed by atoms with Crippen molar-refractivity contribution in [3.05, 3.63) is 35.0 Å². The van der Waals surface area contributed by atoms with Crippen LogP contribution in [0.4, 0.5) is 0 Å². The molecule has 0 aliphatic rings. The van der Waals surface area contributed by atoms with Gasteiger partial charge < -0.3 is 5.73 Å². The highest BCUT2D eigenvalue weighted by Crippen LogP contribution is 2.34. The predicted molar refractivity (Wildman–Crippen MR) is 72.2 cm³/mol. The fourth-order valence-electron chi connectivity index (χ4n) is 1.72. The number of nitrogens with zero attached hydrogens (tertiary/aromatic N) is 2. The average molecular weight is 247 g/mol. The minimum Gasteiger partial charge on any atom is -0.330 e. The van der Waals surface area contributed by atoms with Crippen molar-refractivity contribution in [1.82, 2.24) is 9.97 Å². The molecule has 2 heterocycles. The number of aromatic nitrogens is 2. The molecule has 4 heteroatoms. The summed E-state index contributed by atoms with van der Waals surface area (Å²) < 4.78 is 0. The second-order valence-corrected chi connectivity index (χ2v) is 5.74. The SMILES string of the molecule is Cc1nc(-c2ccccn2)sc1C(C)(C)CN. The van der Waals surface area contributed by atoms with E-state index in [1.54, 1.807) is 17.5 Å². The highest BCUT2D eigenvalue weighted by atomic mass is 32.1. The molecule has 2 aromatic rings. The van der Waals surface area contributed by atoms with E-state index in [1.807, 2.05) is 25.1 Å². The molecular weight excluding hydrogens is 230 g/mol. The van der Waals surface area contributed by atoms with E-state index >= 15 is 0 Å². The van der Waals surface area contributed by atoms with Crippen molar-refractivity contribution < 1.29 is 0 Å². The Balaban J connectivity index is 2.45. The fraction of sp³-hybridized carbons (Fsp3) is 0.385. The average Bonchev–Trinajstić information content (AvgIpc) is 2.73. The molecule has 0 radical (unpaired) electrons. The van der Waals surface area contributed by atoms with Crippen molar-refractivity contribution in [2.75, 3.05) is 6.54 Å². The lowest BCUT2D eigenvalue weighted by Gasteiger charge is -2.20. The molecule has 2 rings (SSSR count). The molecule has 0 unspecified atom stereocenters. The van der Waals surface area contributed by atoms with Crippen LogP contribution in [0.5, 0.6) is 0 Å². The molecule has 90 valence electrons. The summed E-state index contributed by atoms with van der Waals surface area (Å²) in [6, 6.07) is 5.87.